The van der Waals surface area contributed by atoms with Crippen molar-refractivity contribution in [1.29, 1.82) is 0 Å². The Morgan fingerprint density at radius 2 is 1.06 bits per heavy atom. The molecule has 1 saturated heterocycles. The lowest BCUT2D eigenvalue weighted by Crippen LogP contribution is -2.39. The van der Waals surface area contributed by atoms with Gasteiger partial charge in [-0.1, -0.05) is 91.0 Å². The van der Waals surface area contributed by atoms with Crippen molar-refractivity contribution in [3.8, 4) is 0 Å². The molecule has 4 rings (SSSR count). The number of aliphatic hydroxyl groups excluding tert-OH is 1. The molecule has 1 aliphatic heterocycles. The molecule has 0 aromatic heterocycles. The van der Waals surface area contributed by atoms with E-state index >= 15 is 0 Å². The highest BCUT2D eigenvalue weighted by Gasteiger charge is 2.45. The minimum absolute atomic E-state index is 0.302. The molecule has 1 heterocycles. The molecule has 162 valence electrons. The zero-order chi connectivity index (χ0) is 21.3. The van der Waals surface area contributed by atoms with E-state index in [1.807, 2.05) is 91.0 Å². The van der Waals surface area contributed by atoms with E-state index in [4.69, 9.17) is 18.9 Å². The van der Waals surface area contributed by atoms with Crippen LogP contribution in [-0.2, 0) is 38.8 Å². The molecule has 5 heteroatoms. The first-order chi connectivity index (χ1) is 15.3. The predicted octanol–water partition coefficient (Wildman–Crippen LogP) is 4.09. The molecule has 1 N–H and O–H groups in total. The summed E-state index contributed by atoms with van der Waals surface area (Å²) in [4.78, 5) is 0. The van der Waals surface area contributed by atoms with Gasteiger partial charge >= 0.3 is 0 Å². The van der Waals surface area contributed by atoms with Gasteiger partial charge in [0, 0.05) is 0 Å². The van der Waals surface area contributed by atoms with Gasteiger partial charge in [0.15, 0.2) is 6.29 Å². The van der Waals surface area contributed by atoms with Crippen LogP contribution in [0.15, 0.2) is 91.0 Å². The van der Waals surface area contributed by atoms with Crippen molar-refractivity contribution >= 4 is 0 Å². The maximum Gasteiger partial charge on any atom is 0.184 e. The van der Waals surface area contributed by atoms with Gasteiger partial charge in [-0.05, 0) is 16.7 Å². The number of rotatable bonds is 10. The Morgan fingerprint density at radius 1 is 0.613 bits per heavy atom. The van der Waals surface area contributed by atoms with Crippen LogP contribution in [0, 0.1) is 0 Å². The number of ether oxygens (including phenoxy) is 4. The molecule has 0 aliphatic carbocycles. The van der Waals surface area contributed by atoms with Crippen molar-refractivity contribution in [2.45, 2.75) is 44.4 Å². The summed E-state index contributed by atoms with van der Waals surface area (Å²) in [7, 11) is 0. The Kier molecular flexibility index (Phi) is 7.82. The first kappa shape index (κ1) is 21.7. The first-order valence-corrected chi connectivity index (χ1v) is 10.6. The van der Waals surface area contributed by atoms with Crippen LogP contribution in [0.4, 0.5) is 0 Å². The molecule has 0 saturated carbocycles. The molecule has 4 atom stereocenters. The van der Waals surface area contributed by atoms with E-state index in [0.29, 0.717) is 26.4 Å². The zero-order valence-corrected chi connectivity index (χ0v) is 17.4. The number of benzene rings is 3. The zero-order valence-electron chi connectivity index (χ0n) is 17.4. The minimum atomic E-state index is -1.07. The van der Waals surface area contributed by atoms with Gasteiger partial charge in [-0.25, -0.2) is 0 Å². The fourth-order valence-corrected chi connectivity index (χ4v) is 3.62. The van der Waals surface area contributed by atoms with Crippen LogP contribution in [0.5, 0.6) is 0 Å². The molecule has 1 unspecified atom stereocenters. The third-order valence-corrected chi connectivity index (χ3v) is 5.25. The van der Waals surface area contributed by atoms with Gasteiger partial charge in [-0.15, -0.1) is 0 Å². The van der Waals surface area contributed by atoms with E-state index in [1.165, 1.54) is 0 Å². The van der Waals surface area contributed by atoms with Crippen LogP contribution >= 0.6 is 0 Å². The van der Waals surface area contributed by atoms with Gasteiger partial charge in [-0.3, -0.25) is 0 Å². The Bertz CT molecular complexity index is 887. The van der Waals surface area contributed by atoms with Crippen molar-refractivity contribution in [3.05, 3.63) is 108 Å². The van der Waals surface area contributed by atoms with Crippen LogP contribution < -0.4 is 0 Å². The van der Waals surface area contributed by atoms with E-state index in [-0.39, 0.29) is 0 Å². The van der Waals surface area contributed by atoms with Crippen LogP contribution in [-0.4, -0.2) is 36.3 Å². The van der Waals surface area contributed by atoms with E-state index in [2.05, 4.69) is 0 Å². The van der Waals surface area contributed by atoms with E-state index in [0.717, 1.165) is 16.7 Å². The van der Waals surface area contributed by atoms with Crippen LogP contribution in [0.1, 0.15) is 16.7 Å². The lowest BCUT2D eigenvalue weighted by atomic mass is 10.1. The van der Waals surface area contributed by atoms with Gasteiger partial charge < -0.3 is 24.1 Å². The van der Waals surface area contributed by atoms with Crippen molar-refractivity contribution in [2.75, 3.05) is 6.61 Å². The molecule has 3 aromatic carbocycles. The number of hydrogen-bond donors (Lipinski definition) is 1. The Labute approximate surface area is 183 Å². The van der Waals surface area contributed by atoms with Crippen LogP contribution in [0.25, 0.3) is 0 Å². The molecule has 1 aliphatic rings. The summed E-state index contributed by atoms with van der Waals surface area (Å²) < 4.78 is 23.9. The van der Waals surface area contributed by atoms with Gasteiger partial charge in [-0.2, -0.15) is 0 Å². The molecular weight excluding hydrogens is 392 g/mol. The summed E-state index contributed by atoms with van der Waals surface area (Å²) in [6, 6.07) is 29.8. The fraction of sp³-hybridized carbons (Fsp3) is 0.308. The molecule has 0 radical (unpaired) electrons. The molecule has 0 amide bonds. The van der Waals surface area contributed by atoms with E-state index in [9.17, 15) is 5.11 Å². The maximum absolute atomic E-state index is 10.5. The second kappa shape index (κ2) is 11.2. The number of hydrogen-bond acceptors (Lipinski definition) is 5. The highest BCUT2D eigenvalue weighted by Crippen LogP contribution is 2.28. The highest BCUT2D eigenvalue weighted by atomic mass is 16.7. The van der Waals surface area contributed by atoms with Gasteiger partial charge in [0.25, 0.3) is 0 Å². The Hall–Kier alpha value is -2.54. The van der Waals surface area contributed by atoms with Crippen molar-refractivity contribution in [1.82, 2.24) is 0 Å². The highest BCUT2D eigenvalue weighted by molar-refractivity contribution is 5.15. The molecule has 0 bridgehead atoms. The third-order valence-electron chi connectivity index (χ3n) is 5.25. The first-order valence-electron chi connectivity index (χ1n) is 10.6. The number of aliphatic hydroxyl groups is 1. The molecule has 0 spiro atoms. The fourth-order valence-electron chi connectivity index (χ4n) is 3.62. The second-order valence-corrected chi connectivity index (χ2v) is 7.59. The third kappa shape index (κ3) is 6.23. The van der Waals surface area contributed by atoms with E-state index < -0.39 is 24.6 Å². The van der Waals surface area contributed by atoms with Crippen LogP contribution in [0.2, 0.25) is 0 Å². The quantitative estimate of drug-likeness (QED) is 0.535. The van der Waals surface area contributed by atoms with Crippen molar-refractivity contribution in [3.63, 3.8) is 0 Å². The molecular formula is C26H28O5. The summed E-state index contributed by atoms with van der Waals surface area (Å²) in [5.74, 6) is 0. The summed E-state index contributed by atoms with van der Waals surface area (Å²) in [5.41, 5.74) is 3.16. The van der Waals surface area contributed by atoms with Gasteiger partial charge in [0.2, 0.25) is 0 Å². The largest absolute Gasteiger partial charge is 0.374 e. The average molecular weight is 421 g/mol. The van der Waals surface area contributed by atoms with Crippen molar-refractivity contribution < 1.29 is 24.1 Å². The molecule has 1 fully saturated rings. The second-order valence-electron chi connectivity index (χ2n) is 7.59. The Morgan fingerprint density at radius 3 is 1.58 bits per heavy atom. The summed E-state index contributed by atoms with van der Waals surface area (Å²) in [5, 5.41) is 10.5. The lowest BCUT2D eigenvalue weighted by Gasteiger charge is -2.24. The molecule has 5 nitrogen and oxygen atoms in total. The smallest absolute Gasteiger partial charge is 0.184 e. The standard InChI is InChI=1S/C26H28O5/c27-26-25(30-18-22-14-8-3-9-15-22)24(29-17-21-12-6-2-7-13-21)23(31-26)19-28-16-20-10-4-1-5-11-20/h1-15,23-27H,16-19H2/t23-,24-,25?,26-/m1/s1. The predicted molar refractivity (Wildman–Crippen MR) is 117 cm³/mol. The van der Waals surface area contributed by atoms with Crippen LogP contribution in [0.3, 0.4) is 0 Å². The Balaban J connectivity index is 1.39. The van der Waals surface area contributed by atoms with E-state index in [1.54, 1.807) is 0 Å². The van der Waals surface area contributed by atoms with Crippen molar-refractivity contribution in [2.24, 2.45) is 0 Å². The molecule has 3 aromatic rings. The normalized spacial score (nSPS) is 23.1. The summed E-state index contributed by atoms with van der Waals surface area (Å²) >= 11 is 0. The van der Waals surface area contributed by atoms with Gasteiger partial charge in [0.05, 0.1) is 26.4 Å². The topological polar surface area (TPSA) is 57.2 Å². The monoisotopic (exact) mass is 420 g/mol. The molecule has 31 heavy (non-hydrogen) atoms. The minimum Gasteiger partial charge on any atom is -0.374 e. The average Bonchev–Trinajstić information content (AvgIpc) is 3.12. The lowest BCUT2D eigenvalue weighted by molar-refractivity contribution is -0.153. The van der Waals surface area contributed by atoms with Gasteiger partial charge in [0.1, 0.15) is 18.3 Å². The summed E-state index contributed by atoms with van der Waals surface area (Å²) in [6.45, 7) is 1.55. The summed E-state index contributed by atoms with van der Waals surface area (Å²) in [6.07, 6.45) is -2.55. The maximum atomic E-state index is 10.5. The SMILES string of the molecule is O[C@@H]1O[C@H](COCc2ccccc2)[C@@H](OCc2ccccc2)C1OCc1ccccc1.